The van der Waals surface area contributed by atoms with Crippen molar-refractivity contribution in [2.75, 3.05) is 38.2 Å². The third kappa shape index (κ3) is 4.34. The summed E-state index contributed by atoms with van der Waals surface area (Å²) in [4.78, 5) is 12.1. The van der Waals surface area contributed by atoms with Gasteiger partial charge < -0.3 is 15.5 Å². The molecule has 0 bridgehead atoms. The Kier molecular flexibility index (Phi) is 6.31. The van der Waals surface area contributed by atoms with Gasteiger partial charge in [0.15, 0.2) is 0 Å². The van der Waals surface area contributed by atoms with Gasteiger partial charge in [-0.3, -0.25) is 4.90 Å². The van der Waals surface area contributed by atoms with Crippen LogP contribution < -0.4 is 5.32 Å². The number of aromatic nitrogens is 2. The average Bonchev–Trinajstić information content (AvgIpc) is 2.93. The molecule has 7 heteroatoms. The van der Waals surface area contributed by atoms with Gasteiger partial charge in [0.1, 0.15) is 16.5 Å². The Balaban J connectivity index is 2.21. The molecule has 0 aliphatic rings. The van der Waals surface area contributed by atoms with Gasteiger partial charge in [-0.25, -0.2) is 9.97 Å². The van der Waals surface area contributed by atoms with Crippen LogP contribution in [-0.2, 0) is 6.54 Å². The number of rotatable bonds is 9. The van der Waals surface area contributed by atoms with E-state index in [9.17, 15) is 0 Å². The van der Waals surface area contributed by atoms with Crippen LogP contribution in [0.25, 0.3) is 10.2 Å². The fourth-order valence-electron chi connectivity index (χ4n) is 2.10. The molecular weight excluding hydrogens is 288 g/mol. The second-order valence-corrected chi connectivity index (χ2v) is 5.67. The monoisotopic (exact) mass is 310 g/mol. The fraction of sp³-hybridized carbons (Fsp3) is 0.571. The molecule has 3 N–H and O–H groups in total. The quantitative estimate of drug-likeness (QED) is 0.648. The summed E-state index contributed by atoms with van der Waals surface area (Å²) in [7, 11) is 0. The van der Waals surface area contributed by atoms with Crippen LogP contribution in [0.4, 0.5) is 5.82 Å². The zero-order valence-electron chi connectivity index (χ0n) is 12.2. The van der Waals surface area contributed by atoms with Crippen LogP contribution in [0.2, 0.25) is 0 Å². The molecule has 0 aliphatic carbocycles. The lowest BCUT2D eigenvalue weighted by Gasteiger charge is -2.19. The van der Waals surface area contributed by atoms with Crippen molar-refractivity contribution in [1.82, 2.24) is 14.9 Å². The molecule has 21 heavy (non-hydrogen) atoms. The summed E-state index contributed by atoms with van der Waals surface area (Å²) in [6.07, 6.45) is 1.03. The fourth-order valence-corrected chi connectivity index (χ4v) is 2.88. The van der Waals surface area contributed by atoms with Crippen molar-refractivity contribution in [3.8, 4) is 0 Å². The topological polar surface area (TPSA) is 81.5 Å². The number of hydrogen-bond donors (Lipinski definition) is 3. The lowest BCUT2D eigenvalue weighted by Crippen LogP contribution is -2.30. The standard InChI is InChI=1S/C14H22N4O2S/c1-2-4-15-13-11-3-9-21-14(11)17-12(16-13)10-18(5-7-19)6-8-20/h3,9,19-20H,2,4-8,10H2,1H3,(H,15,16,17). The number of fused-ring (bicyclic) bond motifs is 1. The van der Waals surface area contributed by atoms with Crippen LogP contribution >= 0.6 is 11.3 Å². The van der Waals surface area contributed by atoms with E-state index in [-0.39, 0.29) is 13.2 Å². The maximum atomic E-state index is 9.08. The maximum absolute atomic E-state index is 9.08. The molecular formula is C14H22N4O2S. The van der Waals surface area contributed by atoms with Crippen molar-refractivity contribution in [3.63, 3.8) is 0 Å². The molecule has 6 nitrogen and oxygen atoms in total. The van der Waals surface area contributed by atoms with E-state index in [1.165, 1.54) is 0 Å². The van der Waals surface area contributed by atoms with Gasteiger partial charge in [-0.15, -0.1) is 11.3 Å². The molecule has 0 spiro atoms. The Morgan fingerprint density at radius 1 is 1.24 bits per heavy atom. The SMILES string of the molecule is CCCNc1nc(CN(CCO)CCO)nc2sccc12. The van der Waals surface area contributed by atoms with Gasteiger partial charge in [0.05, 0.1) is 25.1 Å². The average molecular weight is 310 g/mol. The van der Waals surface area contributed by atoms with Crippen LogP contribution in [0.3, 0.4) is 0 Å². The highest BCUT2D eigenvalue weighted by Crippen LogP contribution is 2.25. The van der Waals surface area contributed by atoms with Gasteiger partial charge in [-0.2, -0.15) is 0 Å². The molecule has 2 heterocycles. The van der Waals surface area contributed by atoms with Crippen LogP contribution in [0.1, 0.15) is 19.2 Å². The summed E-state index contributed by atoms with van der Waals surface area (Å²) in [5, 5.41) is 24.6. The summed E-state index contributed by atoms with van der Waals surface area (Å²) < 4.78 is 0. The van der Waals surface area contributed by atoms with E-state index < -0.39 is 0 Å². The molecule has 0 aliphatic heterocycles. The van der Waals surface area contributed by atoms with E-state index in [4.69, 9.17) is 10.2 Å². The summed E-state index contributed by atoms with van der Waals surface area (Å²) in [5.41, 5.74) is 0. The first-order valence-electron chi connectivity index (χ1n) is 7.20. The second kappa shape index (κ2) is 8.23. The molecule has 0 amide bonds. The van der Waals surface area contributed by atoms with Crippen molar-refractivity contribution >= 4 is 27.4 Å². The number of nitrogens with zero attached hydrogens (tertiary/aromatic N) is 3. The molecule has 2 aromatic heterocycles. The minimum Gasteiger partial charge on any atom is -0.395 e. The molecule has 0 saturated carbocycles. The highest BCUT2D eigenvalue weighted by Gasteiger charge is 2.12. The van der Waals surface area contributed by atoms with E-state index in [1.54, 1.807) is 11.3 Å². The number of anilines is 1. The number of hydrogen-bond acceptors (Lipinski definition) is 7. The summed E-state index contributed by atoms with van der Waals surface area (Å²) in [5.74, 6) is 1.58. The molecule has 0 atom stereocenters. The van der Waals surface area contributed by atoms with Gasteiger partial charge >= 0.3 is 0 Å². The summed E-state index contributed by atoms with van der Waals surface area (Å²) >= 11 is 1.59. The van der Waals surface area contributed by atoms with Crippen LogP contribution in [0.15, 0.2) is 11.4 Å². The van der Waals surface area contributed by atoms with E-state index in [1.807, 2.05) is 16.3 Å². The minimum atomic E-state index is 0.0577. The van der Waals surface area contributed by atoms with Crippen LogP contribution in [0.5, 0.6) is 0 Å². The minimum absolute atomic E-state index is 0.0577. The number of aliphatic hydroxyl groups is 2. The second-order valence-electron chi connectivity index (χ2n) is 4.78. The molecule has 0 fully saturated rings. The molecule has 2 aromatic rings. The molecule has 0 aromatic carbocycles. The molecule has 116 valence electrons. The maximum Gasteiger partial charge on any atom is 0.146 e. The molecule has 0 saturated heterocycles. The van der Waals surface area contributed by atoms with Crippen LogP contribution in [0, 0.1) is 0 Å². The van der Waals surface area contributed by atoms with Crippen molar-refractivity contribution in [2.45, 2.75) is 19.9 Å². The van der Waals surface area contributed by atoms with Crippen molar-refractivity contribution in [1.29, 1.82) is 0 Å². The van der Waals surface area contributed by atoms with Gasteiger partial charge in [-0.05, 0) is 17.9 Å². The van der Waals surface area contributed by atoms with Gasteiger partial charge in [0, 0.05) is 19.6 Å². The first kappa shape index (κ1) is 16.1. The zero-order chi connectivity index (χ0) is 15.1. The van der Waals surface area contributed by atoms with Gasteiger partial charge in [0.25, 0.3) is 0 Å². The Labute approximate surface area is 128 Å². The first-order chi connectivity index (χ1) is 10.3. The summed E-state index contributed by atoms with van der Waals surface area (Å²) in [6, 6.07) is 2.03. The lowest BCUT2D eigenvalue weighted by atomic mass is 10.3. The van der Waals surface area contributed by atoms with Crippen molar-refractivity contribution in [3.05, 3.63) is 17.3 Å². The van der Waals surface area contributed by atoms with E-state index in [0.29, 0.717) is 25.5 Å². The Hall–Kier alpha value is -1.28. The molecule has 0 radical (unpaired) electrons. The zero-order valence-corrected chi connectivity index (χ0v) is 13.1. The number of nitrogens with one attached hydrogen (secondary N) is 1. The third-order valence-electron chi connectivity index (χ3n) is 3.11. The first-order valence-corrected chi connectivity index (χ1v) is 8.08. The van der Waals surface area contributed by atoms with Crippen molar-refractivity contribution < 1.29 is 10.2 Å². The highest BCUT2D eigenvalue weighted by atomic mass is 32.1. The Morgan fingerprint density at radius 3 is 2.67 bits per heavy atom. The van der Waals surface area contributed by atoms with E-state index in [2.05, 4.69) is 22.2 Å². The molecule has 2 rings (SSSR count). The normalized spacial score (nSPS) is 11.4. The highest BCUT2D eigenvalue weighted by molar-refractivity contribution is 7.16. The largest absolute Gasteiger partial charge is 0.395 e. The van der Waals surface area contributed by atoms with Gasteiger partial charge in [-0.1, -0.05) is 6.92 Å². The Bertz CT molecular complexity index is 555. The third-order valence-corrected chi connectivity index (χ3v) is 3.92. The Morgan fingerprint density at radius 2 is 2.00 bits per heavy atom. The summed E-state index contributed by atoms with van der Waals surface area (Å²) in [6.45, 7) is 4.64. The number of thiophene rings is 1. The lowest BCUT2D eigenvalue weighted by molar-refractivity contribution is 0.153. The number of aliphatic hydroxyl groups excluding tert-OH is 2. The van der Waals surface area contributed by atoms with Crippen molar-refractivity contribution in [2.24, 2.45) is 0 Å². The predicted octanol–water partition coefficient (Wildman–Crippen LogP) is 1.30. The van der Waals surface area contributed by atoms with Crippen LogP contribution in [-0.4, -0.2) is 57.9 Å². The smallest absolute Gasteiger partial charge is 0.146 e. The van der Waals surface area contributed by atoms with E-state index >= 15 is 0 Å². The van der Waals surface area contributed by atoms with E-state index in [0.717, 1.165) is 29.0 Å². The molecule has 0 unspecified atom stereocenters. The predicted molar refractivity (Wildman–Crippen MR) is 85.6 cm³/mol. The van der Waals surface area contributed by atoms with Gasteiger partial charge in [0.2, 0.25) is 0 Å².